The Bertz CT molecular complexity index is 1440. The van der Waals surface area contributed by atoms with Crippen LogP contribution in [0, 0.1) is 0 Å². The molecule has 2 aromatic rings. The summed E-state index contributed by atoms with van der Waals surface area (Å²) in [6.45, 7) is 1.49. The minimum Gasteiger partial charge on any atom is -0.479 e. The first-order valence-corrected chi connectivity index (χ1v) is 16.3. The molecule has 2 aliphatic rings. The van der Waals surface area contributed by atoms with Crippen LogP contribution in [0.3, 0.4) is 0 Å². The van der Waals surface area contributed by atoms with Crippen LogP contribution >= 0.6 is 18.1 Å². The molecule has 238 valence electrons. The number of hydrogen-bond donors (Lipinski definition) is 5. The summed E-state index contributed by atoms with van der Waals surface area (Å²) in [6.07, 6.45) is -3.16. The normalized spacial score (nSPS) is 27.9. The number of esters is 1. The van der Waals surface area contributed by atoms with Crippen molar-refractivity contribution in [2.24, 2.45) is 0 Å². The highest BCUT2D eigenvalue weighted by molar-refractivity contribution is 8.56. The molecule has 3 amide bonds. The highest BCUT2D eigenvalue weighted by atomic mass is 32.7. The van der Waals surface area contributed by atoms with Gasteiger partial charge >= 0.3 is 18.7 Å². The third-order valence-electron chi connectivity index (χ3n) is 6.80. The number of carbonyl (C=O) groups excluding carboxylic acids is 3. The fourth-order valence-electron chi connectivity index (χ4n) is 4.46. The fourth-order valence-corrected chi connectivity index (χ4v) is 8.43. The van der Waals surface area contributed by atoms with Crippen molar-refractivity contribution in [3.63, 3.8) is 0 Å². The first-order valence-electron chi connectivity index (χ1n) is 13.1. The Morgan fingerprint density at radius 2 is 2.05 bits per heavy atom. The van der Waals surface area contributed by atoms with Crippen molar-refractivity contribution in [3.8, 4) is 5.88 Å². The molecule has 43 heavy (non-hydrogen) atoms. The van der Waals surface area contributed by atoms with Crippen LogP contribution in [-0.4, -0.2) is 115 Å². The molecule has 0 radical (unpaired) electrons. The van der Waals surface area contributed by atoms with Crippen molar-refractivity contribution in [2.75, 3.05) is 32.3 Å². The molecule has 2 unspecified atom stereocenters. The van der Waals surface area contributed by atoms with Gasteiger partial charge in [-0.1, -0.05) is 11.4 Å². The molecule has 6 N–H and O–H groups in total. The highest BCUT2D eigenvalue weighted by Gasteiger charge is 2.54. The van der Waals surface area contributed by atoms with E-state index in [1.165, 1.54) is 38.9 Å². The van der Waals surface area contributed by atoms with Crippen molar-refractivity contribution in [3.05, 3.63) is 6.33 Å². The van der Waals surface area contributed by atoms with E-state index in [0.717, 1.165) is 4.90 Å². The molecule has 0 aliphatic carbocycles. The number of urea groups is 1. The summed E-state index contributed by atoms with van der Waals surface area (Å²) >= 11 is 0.686. The second-order valence-corrected chi connectivity index (χ2v) is 14.8. The van der Waals surface area contributed by atoms with Crippen LogP contribution in [0.25, 0.3) is 11.2 Å². The molecular weight excluding hydrogens is 611 g/mol. The Balaban J connectivity index is 1.54. The summed E-state index contributed by atoms with van der Waals surface area (Å²) in [5.41, 5.74) is 4.27. The number of nitrogens with one attached hydrogen (secondary N) is 2. The van der Waals surface area contributed by atoms with Gasteiger partial charge in [0.05, 0.1) is 26.1 Å². The van der Waals surface area contributed by atoms with Gasteiger partial charge in [-0.25, -0.2) is 14.9 Å². The summed E-state index contributed by atoms with van der Waals surface area (Å²) < 4.78 is 37.5. The number of nitrogens with zero attached hydrogens (tertiary/aromatic N) is 5. The van der Waals surface area contributed by atoms with Gasteiger partial charge in [-0.2, -0.15) is 9.97 Å². The minimum atomic E-state index is -4.05. The summed E-state index contributed by atoms with van der Waals surface area (Å²) in [4.78, 5) is 50.1. The Kier molecular flexibility index (Phi) is 9.55. The van der Waals surface area contributed by atoms with E-state index in [0.29, 0.717) is 11.4 Å². The van der Waals surface area contributed by atoms with E-state index < -0.39 is 73.5 Å². The fraction of sp³-hybridized carbons (Fsp3) is 0.652. The number of fused-ring (bicyclic) bond motifs is 1. The lowest BCUT2D eigenvalue weighted by atomic mass is 9.96. The Hall–Kier alpha value is -3.06. The number of amides is 3. The van der Waals surface area contributed by atoms with Crippen LogP contribution < -0.4 is 20.9 Å². The van der Waals surface area contributed by atoms with Crippen LogP contribution in [0.4, 0.5) is 10.7 Å². The van der Waals surface area contributed by atoms with Gasteiger partial charge in [-0.3, -0.25) is 24.0 Å². The number of aliphatic hydroxyl groups excluding tert-OH is 1. The lowest BCUT2D eigenvalue weighted by molar-refractivity contribution is -0.149. The SMILES string of the molecule is COc1nc(N)nc2c1ncn2[C@@H]1OC(CO[P@](=O)(N[C@H](C)C(=O)OC(C)C)SCC2C(=O)NC(=O)N2C)[C@@H](O)[C@@]1(C)O. The van der Waals surface area contributed by atoms with Gasteiger partial charge in [-0.05, 0) is 27.7 Å². The van der Waals surface area contributed by atoms with E-state index in [9.17, 15) is 29.2 Å². The largest absolute Gasteiger partial charge is 0.479 e. The number of hydrogen-bond acceptors (Lipinski definition) is 15. The van der Waals surface area contributed by atoms with E-state index in [2.05, 4.69) is 25.4 Å². The van der Waals surface area contributed by atoms with Gasteiger partial charge in [0.25, 0.3) is 5.91 Å². The molecule has 2 saturated heterocycles. The number of aliphatic hydroxyl groups is 2. The van der Waals surface area contributed by atoms with Gasteiger partial charge in [-0.15, -0.1) is 0 Å². The highest BCUT2D eigenvalue weighted by Crippen LogP contribution is 2.57. The Morgan fingerprint density at radius 3 is 2.65 bits per heavy atom. The number of carbonyl (C=O) groups is 3. The molecule has 0 aromatic carbocycles. The minimum absolute atomic E-state index is 0.0942. The zero-order valence-corrected chi connectivity index (χ0v) is 26.0. The van der Waals surface area contributed by atoms with Gasteiger partial charge < -0.3 is 39.6 Å². The van der Waals surface area contributed by atoms with Crippen LogP contribution in [-0.2, 0) is 28.2 Å². The smallest absolute Gasteiger partial charge is 0.327 e. The first kappa shape index (κ1) is 32.8. The molecule has 20 heteroatoms. The standard InChI is InChI=1S/C23H35N8O10PS/c1-10(2)40-19(34)11(3)29-42(37,43-8-12-17(33)27-22(35)30(12)5)39-7-13-15(32)23(4,36)20(41-13)31-9-25-14-16(31)26-21(24)28-18(14)38-6/h9-13,15,20,32,36H,7-8H2,1-6H3,(H,29,37)(H2,24,26,28)(H,27,33,35)/t11-,12?,13?,15-,20-,23-,42-/m1/s1. The van der Waals surface area contributed by atoms with Crippen molar-refractivity contribution in [1.29, 1.82) is 0 Å². The molecular formula is C23H35N8O10PS. The summed E-state index contributed by atoms with van der Waals surface area (Å²) in [5, 5.41) is 27.1. The van der Waals surface area contributed by atoms with Crippen molar-refractivity contribution in [2.45, 2.75) is 69.9 Å². The number of likely N-dealkylation sites (N-methyl/N-ethyl adjacent to an activating group) is 1. The molecule has 7 atom stereocenters. The monoisotopic (exact) mass is 646 g/mol. The maximum Gasteiger partial charge on any atom is 0.327 e. The Labute approximate surface area is 250 Å². The number of rotatable bonds is 12. The van der Waals surface area contributed by atoms with E-state index in [4.69, 9.17) is 24.5 Å². The van der Waals surface area contributed by atoms with Gasteiger partial charge in [0.15, 0.2) is 17.4 Å². The molecule has 2 aliphatic heterocycles. The van der Waals surface area contributed by atoms with Crippen LogP contribution in [0.15, 0.2) is 6.33 Å². The van der Waals surface area contributed by atoms with Gasteiger partial charge in [0.2, 0.25) is 11.8 Å². The van der Waals surface area contributed by atoms with Crippen molar-refractivity contribution < 1.29 is 47.9 Å². The zero-order chi connectivity index (χ0) is 31.9. The quantitative estimate of drug-likeness (QED) is 0.114. The molecule has 2 fully saturated rings. The molecule has 18 nitrogen and oxygen atoms in total. The molecule has 0 saturated carbocycles. The Morgan fingerprint density at radius 1 is 1.35 bits per heavy atom. The summed E-state index contributed by atoms with van der Waals surface area (Å²) in [6, 6.07) is -2.66. The maximum absolute atomic E-state index is 14.0. The second kappa shape index (κ2) is 12.5. The third-order valence-corrected chi connectivity index (χ3v) is 10.9. The molecule has 0 bridgehead atoms. The number of imide groups is 1. The molecule has 2 aromatic heterocycles. The average molecular weight is 647 g/mol. The molecule has 4 rings (SSSR count). The molecule has 4 heterocycles. The predicted octanol–water partition coefficient (Wildman–Crippen LogP) is -0.236. The van der Waals surface area contributed by atoms with Gasteiger partial charge in [0.1, 0.15) is 29.9 Å². The average Bonchev–Trinajstić information content (AvgIpc) is 3.52. The number of anilines is 1. The number of methoxy groups -OCH3 is 1. The number of nitrogens with two attached hydrogens (primary N) is 1. The maximum atomic E-state index is 14.0. The number of ether oxygens (including phenoxy) is 3. The topological polar surface area (TPSA) is 243 Å². The van der Waals surface area contributed by atoms with E-state index in [1.807, 2.05) is 0 Å². The third kappa shape index (κ3) is 6.72. The molecule has 0 spiro atoms. The number of nitrogen functional groups attached to an aromatic ring is 1. The number of aromatic nitrogens is 4. The van der Waals surface area contributed by atoms with Gasteiger partial charge in [0, 0.05) is 12.8 Å². The van der Waals surface area contributed by atoms with Crippen molar-refractivity contribution >= 4 is 53.1 Å². The predicted molar refractivity (Wildman–Crippen MR) is 152 cm³/mol. The van der Waals surface area contributed by atoms with E-state index in [-0.39, 0.29) is 28.7 Å². The van der Waals surface area contributed by atoms with E-state index >= 15 is 0 Å². The lowest BCUT2D eigenvalue weighted by Gasteiger charge is -2.27. The van der Waals surface area contributed by atoms with Crippen LogP contribution in [0.2, 0.25) is 0 Å². The van der Waals surface area contributed by atoms with Crippen LogP contribution in [0.1, 0.15) is 33.9 Å². The lowest BCUT2D eigenvalue weighted by Crippen LogP contribution is -2.44. The van der Waals surface area contributed by atoms with E-state index in [1.54, 1.807) is 13.8 Å². The summed E-state index contributed by atoms with van der Waals surface area (Å²) in [5.74, 6) is -1.46. The van der Waals surface area contributed by atoms with Crippen molar-refractivity contribution in [1.82, 2.24) is 34.8 Å². The second-order valence-electron chi connectivity index (χ2n) is 10.5. The van der Waals surface area contributed by atoms with Crippen LogP contribution in [0.5, 0.6) is 5.88 Å². The summed E-state index contributed by atoms with van der Waals surface area (Å²) in [7, 11) is 2.79. The number of imidazole rings is 1. The zero-order valence-electron chi connectivity index (χ0n) is 24.3. The first-order chi connectivity index (χ1) is 20.1.